The van der Waals surface area contributed by atoms with Crippen LogP contribution in [0.25, 0.3) is 0 Å². The van der Waals surface area contributed by atoms with E-state index in [4.69, 9.17) is 11.6 Å². The summed E-state index contributed by atoms with van der Waals surface area (Å²) in [5.41, 5.74) is 3.99. The highest BCUT2D eigenvalue weighted by molar-refractivity contribution is 6.30. The van der Waals surface area contributed by atoms with Crippen molar-refractivity contribution in [2.75, 3.05) is 6.54 Å². The number of carbonyl (C=O) groups is 2. The van der Waals surface area contributed by atoms with Gasteiger partial charge in [0, 0.05) is 24.5 Å². The van der Waals surface area contributed by atoms with Gasteiger partial charge in [-0.15, -0.1) is 0 Å². The molecule has 37 heavy (non-hydrogen) atoms. The number of benzene rings is 4. The summed E-state index contributed by atoms with van der Waals surface area (Å²) in [4.78, 5) is 29.1. The van der Waals surface area contributed by atoms with E-state index in [0.717, 1.165) is 28.7 Å². The Morgan fingerprint density at radius 1 is 0.676 bits per heavy atom. The summed E-state index contributed by atoms with van der Waals surface area (Å²) in [6.07, 6.45) is 1.34. The second-order valence-electron chi connectivity index (χ2n) is 9.04. The second-order valence-corrected chi connectivity index (χ2v) is 9.48. The largest absolute Gasteiger partial charge is 0.354 e. The normalized spacial score (nSPS) is 11.5. The molecule has 0 aliphatic carbocycles. The van der Waals surface area contributed by atoms with E-state index in [9.17, 15) is 9.59 Å². The van der Waals surface area contributed by atoms with Gasteiger partial charge in [0.25, 0.3) is 0 Å². The van der Waals surface area contributed by atoms with Gasteiger partial charge >= 0.3 is 0 Å². The predicted octanol–water partition coefficient (Wildman–Crippen LogP) is 5.88. The van der Waals surface area contributed by atoms with Crippen LogP contribution in [-0.4, -0.2) is 29.3 Å². The molecule has 4 aromatic carbocycles. The number of nitrogens with zero attached hydrogens (tertiary/aromatic N) is 1. The van der Waals surface area contributed by atoms with Crippen LogP contribution in [0.15, 0.2) is 115 Å². The fourth-order valence-corrected chi connectivity index (χ4v) is 4.43. The highest BCUT2D eigenvalue weighted by Crippen LogP contribution is 2.18. The van der Waals surface area contributed by atoms with Gasteiger partial charge in [0.2, 0.25) is 11.8 Å². The first-order chi connectivity index (χ1) is 18.1. The molecule has 0 fully saturated rings. The molecule has 5 heteroatoms. The lowest BCUT2D eigenvalue weighted by Crippen LogP contribution is -2.51. The average molecular weight is 511 g/mol. The predicted molar refractivity (Wildman–Crippen MR) is 149 cm³/mol. The molecular weight excluding hydrogens is 480 g/mol. The topological polar surface area (TPSA) is 49.4 Å². The van der Waals surface area contributed by atoms with Crippen LogP contribution in [0.4, 0.5) is 0 Å². The Kier molecular flexibility index (Phi) is 9.50. The summed E-state index contributed by atoms with van der Waals surface area (Å²) < 4.78 is 0. The molecule has 188 valence electrons. The fourth-order valence-electron chi connectivity index (χ4n) is 4.31. The van der Waals surface area contributed by atoms with Gasteiger partial charge in [-0.25, -0.2) is 0 Å². The SMILES string of the molecule is O=C(NCCc1ccccc1)C(Cc1ccccc1)N(Cc1ccccc1)C(=O)Cc1ccc(Cl)cc1. The van der Waals surface area contributed by atoms with E-state index in [1.165, 1.54) is 0 Å². The van der Waals surface area contributed by atoms with E-state index in [0.29, 0.717) is 24.5 Å². The van der Waals surface area contributed by atoms with Crippen LogP contribution in [0.5, 0.6) is 0 Å². The first-order valence-corrected chi connectivity index (χ1v) is 12.9. The second kappa shape index (κ2) is 13.4. The maximum Gasteiger partial charge on any atom is 0.243 e. The number of amides is 2. The number of carbonyl (C=O) groups excluding carboxylic acids is 2. The summed E-state index contributed by atoms with van der Waals surface area (Å²) in [6, 6.07) is 36.3. The molecule has 0 aromatic heterocycles. The van der Waals surface area contributed by atoms with Gasteiger partial charge in [-0.1, -0.05) is 115 Å². The molecule has 4 rings (SSSR count). The zero-order chi connectivity index (χ0) is 25.9. The molecule has 4 nitrogen and oxygen atoms in total. The van der Waals surface area contributed by atoms with Crippen molar-refractivity contribution < 1.29 is 9.59 Å². The van der Waals surface area contributed by atoms with E-state index in [-0.39, 0.29) is 18.2 Å². The highest BCUT2D eigenvalue weighted by Gasteiger charge is 2.30. The van der Waals surface area contributed by atoms with Crippen molar-refractivity contribution in [3.63, 3.8) is 0 Å². The molecule has 0 radical (unpaired) electrons. The average Bonchev–Trinajstić information content (AvgIpc) is 2.93. The Balaban J connectivity index is 1.58. The smallest absolute Gasteiger partial charge is 0.243 e. The van der Waals surface area contributed by atoms with E-state index in [2.05, 4.69) is 5.32 Å². The summed E-state index contributed by atoms with van der Waals surface area (Å²) in [5.74, 6) is -0.259. The third-order valence-corrected chi connectivity index (χ3v) is 6.54. The number of hydrogen-bond donors (Lipinski definition) is 1. The van der Waals surface area contributed by atoms with Crippen LogP contribution in [0.2, 0.25) is 5.02 Å². The van der Waals surface area contributed by atoms with Crippen LogP contribution in [0, 0.1) is 0 Å². The van der Waals surface area contributed by atoms with Crippen molar-refractivity contribution in [2.24, 2.45) is 0 Å². The van der Waals surface area contributed by atoms with Crippen molar-refractivity contribution in [1.29, 1.82) is 0 Å². The Hall–Kier alpha value is -3.89. The Morgan fingerprint density at radius 2 is 1.22 bits per heavy atom. The minimum Gasteiger partial charge on any atom is -0.354 e. The fraction of sp³-hybridized carbons (Fsp3) is 0.188. The third-order valence-electron chi connectivity index (χ3n) is 6.29. The minimum absolute atomic E-state index is 0.106. The minimum atomic E-state index is -0.654. The zero-order valence-corrected chi connectivity index (χ0v) is 21.5. The number of rotatable bonds is 11. The van der Waals surface area contributed by atoms with Crippen molar-refractivity contribution in [3.05, 3.63) is 143 Å². The molecule has 1 N–H and O–H groups in total. The van der Waals surface area contributed by atoms with E-state index < -0.39 is 6.04 Å². The summed E-state index contributed by atoms with van der Waals surface area (Å²) in [7, 11) is 0. The van der Waals surface area contributed by atoms with Gasteiger partial charge in [0.15, 0.2) is 0 Å². The van der Waals surface area contributed by atoms with Gasteiger partial charge in [-0.3, -0.25) is 9.59 Å². The van der Waals surface area contributed by atoms with Crippen molar-refractivity contribution in [3.8, 4) is 0 Å². The first-order valence-electron chi connectivity index (χ1n) is 12.5. The van der Waals surface area contributed by atoms with Gasteiger partial charge in [0.05, 0.1) is 6.42 Å². The molecule has 1 unspecified atom stereocenters. The van der Waals surface area contributed by atoms with E-state index >= 15 is 0 Å². The zero-order valence-electron chi connectivity index (χ0n) is 20.7. The lowest BCUT2D eigenvalue weighted by molar-refractivity contribution is -0.140. The van der Waals surface area contributed by atoms with Crippen LogP contribution < -0.4 is 5.32 Å². The van der Waals surface area contributed by atoms with Crippen LogP contribution in [0.3, 0.4) is 0 Å². The van der Waals surface area contributed by atoms with Crippen molar-refractivity contribution in [2.45, 2.75) is 31.8 Å². The highest BCUT2D eigenvalue weighted by atomic mass is 35.5. The monoisotopic (exact) mass is 510 g/mol. The van der Waals surface area contributed by atoms with Gasteiger partial charge in [-0.05, 0) is 40.8 Å². The first kappa shape index (κ1) is 26.2. The third kappa shape index (κ3) is 8.06. The van der Waals surface area contributed by atoms with Crippen molar-refractivity contribution >= 4 is 23.4 Å². The molecule has 4 aromatic rings. The molecule has 0 heterocycles. The molecule has 1 atom stereocenters. The molecule has 0 saturated carbocycles. The van der Waals surface area contributed by atoms with Crippen LogP contribution in [0.1, 0.15) is 22.3 Å². The van der Waals surface area contributed by atoms with Crippen LogP contribution >= 0.6 is 11.6 Å². The maximum atomic E-state index is 13.7. The Bertz CT molecular complexity index is 1260. The van der Waals surface area contributed by atoms with Crippen LogP contribution in [-0.2, 0) is 35.4 Å². The Morgan fingerprint density at radius 3 is 1.81 bits per heavy atom. The Labute approximate surface area is 223 Å². The van der Waals surface area contributed by atoms with E-state index in [1.54, 1.807) is 17.0 Å². The van der Waals surface area contributed by atoms with E-state index in [1.807, 2.05) is 103 Å². The maximum absolute atomic E-state index is 13.7. The molecular formula is C32H31ClN2O2. The number of halogens is 1. The van der Waals surface area contributed by atoms with Crippen molar-refractivity contribution in [1.82, 2.24) is 10.2 Å². The number of nitrogens with one attached hydrogen (secondary N) is 1. The standard InChI is InChI=1S/C32H31ClN2O2/c33-29-18-16-27(17-19-29)23-31(36)35(24-28-14-8-3-9-15-28)30(22-26-12-6-2-7-13-26)32(37)34-21-20-25-10-4-1-5-11-25/h1-19,30H,20-24H2,(H,34,37). The summed E-state index contributed by atoms with van der Waals surface area (Å²) >= 11 is 6.04. The molecule has 0 aliphatic heterocycles. The molecule has 0 spiro atoms. The van der Waals surface area contributed by atoms with Gasteiger partial charge in [-0.2, -0.15) is 0 Å². The lowest BCUT2D eigenvalue weighted by Gasteiger charge is -2.31. The summed E-state index contributed by atoms with van der Waals surface area (Å²) in [5, 5.41) is 3.72. The van der Waals surface area contributed by atoms with Gasteiger partial charge < -0.3 is 10.2 Å². The summed E-state index contributed by atoms with van der Waals surface area (Å²) in [6.45, 7) is 0.843. The lowest BCUT2D eigenvalue weighted by atomic mass is 10.0. The number of hydrogen-bond acceptors (Lipinski definition) is 2. The molecule has 0 aliphatic rings. The molecule has 2 amide bonds. The quantitative estimate of drug-likeness (QED) is 0.274. The molecule has 0 saturated heterocycles. The van der Waals surface area contributed by atoms with Gasteiger partial charge in [0.1, 0.15) is 6.04 Å². The molecule has 0 bridgehead atoms.